The summed E-state index contributed by atoms with van der Waals surface area (Å²) in [6, 6.07) is 3.04. The van der Waals surface area contributed by atoms with Crippen LogP contribution in [0.4, 0.5) is 0 Å². The van der Waals surface area contributed by atoms with Gasteiger partial charge in [0, 0.05) is 13.1 Å². The molecule has 0 aliphatic heterocycles. The highest BCUT2D eigenvalue weighted by Crippen LogP contribution is 2.25. The van der Waals surface area contributed by atoms with Gasteiger partial charge in [0.05, 0.1) is 18.1 Å². The molecular weight excluding hydrogens is 298 g/mol. The van der Waals surface area contributed by atoms with Crippen molar-refractivity contribution in [2.45, 2.75) is 24.8 Å². The Morgan fingerprint density at radius 3 is 2.52 bits per heavy atom. The van der Waals surface area contributed by atoms with Gasteiger partial charge in [0.25, 0.3) is 0 Å². The number of aliphatic hydroxyl groups excluding tert-OH is 1. The molecule has 0 radical (unpaired) electrons. The second kappa shape index (κ2) is 6.88. The monoisotopic (exact) mass is 317 g/mol. The van der Waals surface area contributed by atoms with Crippen molar-refractivity contribution < 1.29 is 28.2 Å². The first-order chi connectivity index (χ1) is 9.75. The summed E-state index contributed by atoms with van der Waals surface area (Å²) < 4.78 is 30.9. The van der Waals surface area contributed by atoms with E-state index in [9.17, 15) is 13.2 Å². The second-order valence-electron chi connectivity index (χ2n) is 4.45. The van der Waals surface area contributed by atoms with Crippen LogP contribution in [0.15, 0.2) is 23.1 Å². The molecule has 1 rings (SSSR count). The maximum absolute atomic E-state index is 12.4. The lowest BCUT2D eigenvalue weighted by atomic mass is 10.2. The molecule has 118 valence electrons. The van der Waals surface area contributed by atoms with Crippen LogP contribution in [0.5, 0.6) is 5.75 Å². The van der Waals surface area contributed by atoms with Gasteiger partial charge in [-0.05, 0) is 32.0 Å². The third kappa shape index (κ3) is 3.72. The van der Waals surface area contributed by atoms with Crippen molar-refractivity contribution in [1.82, 2.24) is 4.31 Å². The van der Waals surface area contributed by atoms with Crippen LogP contribution in [-0.2, 0) is 10.0 Å². The summed E-state index contributed by atoms with van der Waals surface area (Å²) in [4.78, 5) is 11.0. The van der Waals surface area contributed by atoms with Crippen molar-refractivity contribution in [1.29, 1.82) is 0 Å². The fraction of sp³-hybridized carbons (Fsp3) is 0.462. The zero-order valence-corrected chi connectivity index (χ0v) is 12.9. The van der Waals surface area contributed by atoms with Crippen LogP contribution >= 0.6 is 0 Å². The number of sulfonamides is 1. The predicted octanol–water partition coefficient (Wildman–Crippen LogP) is 0.785. The number of aromatic carboxylic acids is 1. The Bertz CT molecular complexity index is 613. The third-order valence-electron chi connectivity index (χ3n) is 3.04. The van der Waals surface area contributed by atoms with Crippen LogP contribution in [0.25, 0.3) is 0 Å². The number of carboxylic acids is 1. The van der Waals surface area contributed by atoms with Crippen LogP contribution in [0, 0.1) is 0 Å². The molecule has 0 heterocycles. The zero-order valence-electron chi connectivity index (χ0n) is 12.1. The van der Waals surface area contributed by atoms with E-state index in [1.807, 2.05) is 0 Å². The van der Waals surface area contributed by atoms with Crippen molar-refractivity contribution >= 4 is 16.0 Å². The molecule has 0 saturated carbocycles. The van der Waals surface area contributed by atoms with Crippen LogP contribution < -0.4 is 4.74 Å². The number of benzene rings is 1. The van der Waals surface area contributed by atoms with Gasteiger partial charge in [0.1, 0.15) is 11.3 Å². The van der Waals surface area contributed by atoms with Gasteiger partial charge >= 0.3 is 5.97 Å². The summed E-state index contributed by atoms with van der Waals surface area (Å²) >= 11 is 0. The van der Waals surface area contributed by atoms with Gasteiger partial charge in [-0.1, -0.05) is 0 Å². The first-order valence-electron chi connectivity index (χ1n) is 6.34. The van der Waals surface area contributed by atoms with E-state index >= 15 is 0 Å². The van der Waals surface area contributed by atoms with Crippen molar-refractivity contribution in [2.75, 3.05) is 20.3 Å². The molecule has 0 spiro atoms. The lowest BCUT2D eigenvalue weighted by Crippen LogP contribution is -2.37. The van der Waals surface area contributed by atoms with Gasteiger partial charge in [-0.25, -0.2) is 13.2 Å². The molecule has 0 bridgehead atoms. The summed E-state index contributed by atoms with van der Waals surface area (Å²) in [7, 11) is -2.56. The van der Waals surface area contributed by atoms with Gasteiger partial charge in [0.2, 0.25) is 10.0 Å². The SMILES string of the molecule is CCOc1ccc(S(=O)(=O)N(C)C(C)CO)cc1C(=O)O. The molecule has 7 nitrogen and oxygen atoms in total. The van der Waals surface area contributed by atoms with Crippen molar-refractivity contribution in [3.05, 3.63) is 23.8 Å². The molecule has 0 aliphatic rings. The van der Waals surface area contributed by atoms with E-state index in [4.69, 9.17) is 14.9 Å². The van der Waals surface area contributed by atoms with E-state index < -0.39 is 22.0 Å². The minimum absolute atomic E-state index is 0.113. The fourth-order valence-corrected chi connectivity index (χ4v) is 3.02. The number of aliphatic hydroxyl groups is 1. The van der Waals surface area contributed by atoms with E-state index in [0.717, 1.165) is 10.4 Å². The van der Waals surface area contributed by atoms with Gasteiger partial charge in [0.15, 0.2) is 0 Å². The average molecular weight is 317 g/mol. The number of carboxylic acid groups (broad SMARTS) is 1. The van der Waals surface area contributed by atoms with Gasteiger partial charge < -0.3 is 14.9 Å². The number of rotatable bonds is 7. The Morgan fingerprint density at radius 1 is 1.43 bits per heavy atom. The van der Waals surface area contributed by atoms with E-state index in [1.54, 1.807) is 13.8 Å². The highest BCUT2D eigenvalue weighted by atomic mass is 32.2. The van der Waals surface area contributed by atoms with Crippen LogP contribution in [-0.4, -0.2) is 55.2 Å². The highest BCUT2D eigenvalue weighted by molar-refractivity contribution is 7.89. The Kier molecular flexibility index (Phi) is 5.70. The van der Waals surface area contributed by atoms with E-state index in [2.05, 4.69) is 0 Å². The number of hydrogen-bond donors (Lipinski definition) is 2. The molecule has 1 aromatic carbocycles. The Labute approximate surface area is 123 Å². The van der Waals surface area contributed by atoms with Crippen LogP contribution in [0.1, 0.15) is 24.2 Å². The van der Waals surface area contributed by atoms with Gasteiger partial charge in [-0.2, -0.15) is 4.31 Å². The smallest absolute Gasteiger partial charge is 0.339 e. The van der Waals surface area contributed by atoms with Crippen molar-refractivity contribution in [3.8, 4) is 5.75 Å². The normalized spacial score (nSPS) is 13.2. The summed E-state index contributed by atoms with van der Waals surface area (Å²) in [6.07, 6.45) is 0. The largest absolute Gasteiger partial charge is 0.493 e. The summed E-state index contributed by atoms with van der Waals surface area (Å²) in [5.74, 6) is -1.16. The molecular formula is C13H19NO6S. The number of nitrogens with zero attached hydrogens (tertiary/aromatic N) is 1. The third-order valence-corrected chi connectivity index (χ3v) is 5.01. The molecule has 1 unspecified atom stereocenters. The fourth-order valence-electron chi connectivity index (χ4n) is 1.64. The highest BCUT2D eigenvalue weighted by Gasteiger charge is 2.26. The minimum atomic E-state index is -3.88. The summed E-state index contributed by atoms with van der Waals surface area (Å²) in [5.41, 5.74) is -0.219. The van der Waals surface area contributed by atoms with Crippen molar-refractivity contribution in [3.63, 3.8) is 0 Å². The molecule has 2 N–H and O–H groups in total. The molecule has 1 aromatic rings. The number of ether oxygens (including phenoxy) is 1. The second-order valence-corrected chi connectivity index (χ2v) is 6.45. The molecule has 8 heteroatoms. The number of hydrogen-bond acceptors (Lipinski definition) is 5. The molecule has 1 atom stereocenters. The van der Waals surface area contributed by atoms with Crippen molar-refractivity contribution in [2.24, 2.45) is 0 Å². The lowest BCUT2D eigenvalue weighted by molar-refractivity contribution is 0.0692. The molecule has 0 saturated heterocycles. The zero-order chi connectivity index (χ0) is 16.2. The molecule has 0 aliphatic carbocycles. The summed E-state index contributed by atoms with van der Waals surface area (Å²) in [5, 5.41) is 18.2. The van der Waals surface area contributed by atoms with E-state index in [0.29, 0.717) is 0 Å². The number of carbonyl (C=O) groups is 1. The van der Waals surface area contributed by atoms with Crippen LogP contribution in [0.3, 0.4) is 0 Å². The lowest BCUT2D eigenvalue weighted by Gasteiger charge is -2.23. The van der Waals surface area contributed by atoms with Crippen LogP contribution in [0.2, 0.25) is 0 Å². The standard InChI is InChI=1S/C13H19NO6S/c1-4-20-12-6-5-10(7-11(12)13(16)17)21(18,19)14(3)9(2)8-15/h5-7,9,15H,4,8H2,1-3H3,(H,16,17). The average Bonchev–Trinajstić information content (AvgIpc) is 2.45. The first kappa shape index (κ1) is 17.4. The Hall–Kier alpha value is -1.64. The molecule has 21 heavy (non-hydrogen) atoms. The first-order valence-corrected chi connectivity index (χ1v) is 7.78. The van der Waals surface area contributed by atoms with Gasteiger partial charge in [-0.15, -0.1) is 0 Å². The topological polar surface area (TPSA) is 104 Å². The summed E-state index contributed by atoms with van der Waals surface area (Å²) in [6.45, 7) is 3.18. The van der Waals surface area contributed by atoms with E-state index in [1.165, 1.54) is 19.2 Å². The Morgan fingerprint density at radius 2 is 2.05 bits per heavy atom. The quantitative estimate of drug-likeness (QED) is 0.770. The molecule has 0 fully saturated rings. The Balaban J connectivity index is 3.32. The molecule has 0 aromatic heterocycles. The molecule has 0 amide bonds. The number of likely N-dealkylation sites (N-methyl/N-ethyl adjacent to an activating group) is 1. The minimum Gasteiger partial charge on any atom is -0.493 e. The maximum atomic E-state index is 12.4. The maximum Gasteiger partial charge on any atom is 0.339 e. The van der Waals surface area contributed by atoms with Gasteiger partial charge in [-0.3, -0.25) is 0 Å². The predicted molar refractivity (Wildman–Crippen MR) is 76.1 cm³/mol. The van der Waals surface area contributed by atoms with E-state index in [-0.39, 0.29) is 29.4 Å².